The number of anilines is 1. The highest BCUT2D eigenvalue weighted by atomic mass is 32.2. The molecule has 0 bridgehead atoms. The largest absolute Gasteiger partial charge is 0.481 e. The lowest BCUT2D eigenvalue weighted by molar-refractivity contribution is -0.157. The van der Waals surface area contributed by atoms with Crippen LogP contribution < -0.4 is 16.8 Å². The van der Waals surface area contributed by atoms with E-state index >= 15 is 0 Å². The Morgan fingerprint density at radius 2 is 2.12 bits per heavy atom. The zero-order valence-corrected chi connectivity index (χ0v) is 20.2. The van der Waals surface area contributed by atoms with Gasteiger partial charge < -0.3 is 26.8 Å². The van der Waals surface area contributed by atoms with Crippen LogP contribution in [0.5, 0.6) is 0 Å². The maximum atomic E-state index is 12.7. The molecule has 2 unspecified atom stereocenters. The molecular weight excluding hydrogens is 510 g/mol. The predicted octanol–water partition coefficient (Wildman–Crippen LogP) is -0.590. The van der Waals surface area contributed by atoms with Gasteiger partial charge in [-0.05, 0) is 0 Å². The molecule has 2 aromatic heterocycles. The van der Waals surface area contributed by atoms with Gasteiger partial charge in [-0.2, -0.15) is 0 Å². The minimum atomic E-state index is -1.18. The van der Waals surface area contributed by atoms with Crippen LogP contribution in [0.4, 0.5) is 5.13 Å². The molecule has 2 aliphatic rings. The monoisotopic (exact) mass is 529 g/mol. The summed E-state index contributed by atoms with van der Waals surface area (Å²) in [5.74, 6) is -1.73. The SMILES string of the molecule is NC(=O)Cc1nnc(SCC2(C(=O)O)CS[C@@H]3C(NC(=O)Cc4csc(N)n4)C(=O)N3C2)s1. The molecule has 4 rings (SSSR count). The lowest BCUT2D eigenvalue weighted by atomic mass is 9.89. The number of aliphatic carboxylic acids is 1. The molecule has 3 atom stereocenters. The second-order valence-electron chi connectivity index (χ2n) is 7.55. The van der Waals surface area contributed by atoms with Gasteiger partial charge in [0.1, 0.15) is 21.8 Å². The van der Waals surface area contributed by atoms with Crippen LogP contribution in [0.15, 0.2) is 9.72 Å². The first kappa shape index (κ1) is 23.7. The molecule has 0 aromatic carbocycles. The lowest BCUT2D eigenvalue weighted by Crippen LogP contribution is -2.74. The van der Waals surface area contributed by atoms with Crippen LogP contribution >= 0.6 is 46.2 Å². The van der Waals surface area contributed by atoms with Crippen LogP contribution in [0.3, 0.4) is 0 Å². The average molecular weight is 530 g/mol. The number of amides is 3. The van der Waals surface area contributed by atoms with Crippen molar-refractivity contribution in [3.05, 3.63) is 16.1 Å². The molecule has 2 aliphatic heterocycles. The Balaban J connectivity index is 1.35. The van der Waals surface area contributed by atoms with Crippen molar-refractivity contribution < 1.29 is 24.3 Å². The van der Waals surface area contributed by atoms with Crippen LogP contribution in [0.1, 0.15) is 10.7 Å². The summed E-state index contributed by atoms with van der Waals surface area (Å²) < 4.78 is 0.529. The molecular formula is C17H19N7O5S4. The molecule has 33 heavy (non-hydrogen) atoms. The van der Waals surface area contributed by atoms with E-state index in [1.807, 2.05) is 0 Å². The third-order valence-corrected chi connectivity index (χ3v) is 9.73. The van der Waals surface area contributed by atoms with Crippen molar-refractivity contribution in [1.29, 1.82) is 0 Å². The zero-order valence-electron chi connectivity index (χ0n) is 16.9. The van der Waals surface area contributed by atoms with E-state index in [0.29, 0.717) is 20.2 Å². The first-order valence-electron chi connectivity index (χ1n) is 9.55. The van der Waals surface area contributed by atoms with Gasteiger partial charge in [0, 0.05) is 23.4 Å². The minimum absolute atomic E-state index is 0.0180. The number of nitrogens with zero attached hydrogens (tertiary/aromatic N) is 4. The summed E-state index contributed by atoms with van der Waals surface area (Å²) in [6.45, 7) is 0.0355. The molecule has 3 amide bonds. The predicted molar refractivity (Wildman–Crippen MR) is 124 cm³/mol. The third-order valence-electron chi connectivity index (χ3n) is 5.07. The highest BCUT2D eigenvalue weighted by molar-refractivity contribution is 8.01. The van der Waals surface area contributed by atoms with E-state index in [2.05, 4.69) is 20.5 Å². The molecule has 0 spiro atoms. The number of fused-ring (bicyclic) bond motifs is 1. The number of β-lactam (4-membered cyclic amide) rings is 1. The number of hydrogen-bond acceptors (Lipinski definition) is 12. The fraction of sp³-hybridized carbons (Fsp3) is 0.471. The molecule has 2 aromatic rings. The molecule has 2 fully saturated rings. The van der Waals surface area contributed by atoms with Gasteiger partial charge in [0.25, 0.3) is 0 Å². The number of thiazole rings is 1. The van der Waals surface area contributed by atoms with Crippen LogP contribution in [0, 0.1) is 5.41 Å². The highest BCUT2D eigenvalue weighted by Crippen LogP contribution is 2.44. The van der Waals surface area contributed by atoms with Gasteiger partial charge in [0.15, 0.2) is 9.47 Å². The molecule has 16 heteroatoms. The Morgan fingerprint density at radius 3 is 2.79 bits per heavy atom. The molecule has 6 N–H and O–H groups in total. The fourth-order valence-electron chi connectivity index (χ4n) is 3.42. The molecule has 176 valence electrons. The van der Waals surface area contributed by atoms with E-state index in [1.165, 1.54) is 51.1 Å². The topological polar surface area (TPSA) is 194 Å². The number of carbonyl (C=O) groups is 4. The number of nitrogen functional groups attached to an aromatic ring is 1. The molecule has 0 aliphatic carbocycles. The van der Waals surface area contributed by atoms with Crippen molar-refractivity contribution in [2.45, 2.75) is 28.6 Å². The summed E-state index contributed by atoms with van der Waals surface area (Å²) in [6, 6.07) is -0.697. The normalized spacial score (nSPS) is 24.1. The van der Waals surface area contributed by atoms with Crippen molar-refractivity contribution in [2.24, 2.45) is 11.1 Å². The number of primary amides is 1. The van der Waals surface area contributed by atoms with E-state index in [1.54, 1.807) is 5.38 Å². The van der Waals surface area contributed by atoms with E-state index in [-0.39, 0.29) is 48.1 Å². The van der Waals surface area contributed by atoms with Gasteiger partial charge in [-0.1, -0.05) is 23.1 Å². The van der Waals surface area contributed by atoms with Gasteiger partial charge in [-0.15, -0.1) is 33.3 Å². The Hall–Kier alpha value is -2.43. The van der Waals surface area contributed by atoms with E-state index in [0.717, 1.165) is 0 Å². The van der Waals surface area contributed by atoms with E-state index in [9.17, 15) is 24.3 Å². The van der Waals surface area contributed by atoms with Gasteiger partial charge in [-0.3, -0.25) is 19.2 Å². The van der Waals surface area contributed by atoms with Crippen LogP contribution in [-0.4, -0.2) is 78.3 Å². The van der Waals surface area contributed by atoms with Gasteiger partial charge in [0.05, 0.1) is 18.5 Å². The van der Waals surface area contributed by atoms with Gasteiger partial charge >= 0.3 is 5.97 Å². The second kappa shape index (κ2) is 9.44. The van der Waals surface area contributed by atoms with E-state index in [4.69, 9.17) is 11.5 Å². The number of carboxylic acids is 1. The number of nitrogens with two attached hydrogens (primary N) is 2. The quantitative estimate of drug-likeness (QED) is 0.239. The average Bonchev–Trinajstić information content (AvgIpc) is 3.38. The third kappa shape index (κ3) is 5.07. The molecule has 2 saturated heterocycles. The number of carboxylic acid groups (broad SMARTS) is 1. The summed E-state index contributed by atoms with van der Waals surface area (Å²) in [4.78, 5) is 53.7. The second-order valence-corrected chi connectivity index (χ2v) is 11.8. The summed E-state index contributed by atoms with van der Waals surface area (Å²) in [6.07, 6.45) is -0.00472. The number of thioether (sulfide) groups is 2. The van der Waals surface area contributed by atoms with Gasteiger partial charge in [-0.25, -0.2) is 4.98 Å². The first-order chi connectivity index (χ1) is 15.7. The van der Waals surface area contributed by atoms with Crippen molar-refractivity contribution in [3.8, 4) is 0 Å². The van der Waals surface area contributed by atoms with Crippen LogP contribution in [0.2, 0.25) is 0 Å². The zero-order chi connectivity index (χ0) is 23.8. The molecule has 4 heterocycles. The minimum Gasteiger partial charge on any atom is -0.481 e. The number of carbonyl (C=O) groups excluding carboxylic acids is 3. The molecule has 12 nitrogen and oxygen atoms in total. The summed E-state index contributed by atoms with van der Waals surface area (Å²) in [5.41, 5.74) is 10.1. The summed E-state index contributed by atoms with van der Waals surface area (Å²) in [7, 11) is 0. The standard InChI is InChI=1S/C17H19N7O5S4/c18-8(25)2-10-22-23-16(33-10)32-6-17(14(28)29)4-24-12(27)11(13(24)31-5-17)21-9(26)1-7-3-30-15(19)20-7/h3,11,13H,1-2,4-6H2,(H2,18,25)(H2,19,20)(H,21,26)(H,28,29)/t11?,13-,17?/m1/s1. The Kier molecular flexibility index (Phi) is 6.78. The van der Waals surface area contributed by atoms with Gasteiger partial charge in [0.2, 0.25) is 17.7 Å². The van der Waals surface area contributed by atoms with Crippen LogP contribution in [-0.2, 0) is 32.0 Å². The summed E-state index contributed by atoms with van der Waals surface area (Å²) >= 11 is 4.97. The summed E-state index contributed by atoms with van der Waals surface area (Å²) in [5, 5.41) is 22.7. The number of nitrogens with one attached hydrogen (secondary N) is 1. The van der Waals surface area contributed by atoms with Crippen molar-refractivity contribution in [3.63, 3.8) is 0 Å². The Bertz CT molecular complexity index is 1110. The molecule has 0 radical (unpaired) electrons. The van der Waals surface area contributed by atoms with Crippen molar-refractivity contribution in [2.75, 3.05) is 23.8 Å². The van der Waals surface area contributed by atoms with Crippen LogP contribution in [0.25, 0.3) is 0 Å². The first-order valence-corrected chi connectivity index (χ1v) is 13.3. The highest BCUT2D eigenvalue weighted by Gasteiger charge is 2.57. The number of aromatic nitrogens is 3. The lowest BCUT2D eigenvalue weighted by Gasteiger charge is -2.53. The fourth-order valence-corrected chi connectivity index (χ4v) is 7.75. The maximum absolute atomic E-state index is 12.7. The maximum Gasteiger partial charge on any atom is 0.313 e. The Morgan fingerprint density at radius 1 is 1.33 bits per heavy atom. The smallest absolute Gasteiger partial charge is 0.313 e. The van der Waals surface area contributed by atoms with E-state index < -0.39 is 23.3 Å². The van der Waals surface area contributed by atoms with Crippen molar-refractivity contribution in [1.82, 2.24) is 25.4 Å². The molecule has 0 saturated carbocycles. The number of hydrogen-bond donors (Lipinski definition) is 4. The van der Waals surface area contributed by atoms with Crippen molar-refractivity contribution >= 4 is 75.0 Å². The Labute approximate surface area is 203 Å². The number of rotatable bonds is 9.